The van der Waals surface area contributed by atoms with Gasteiger partial charge < -0.3 is 14.7 Å². The predicted octanol–water partition coefficient (Wildman–Crippen LogP) is 3.53. The van der Waals surface area contributed by atoms with E-state index in [1.807, 2.05) is 44.6 Å². The first-order valence-corrected chi connectivity index (χ1v) is 8.67. The van der Waals surface area contributed by atoms with E-state index in [4.69, 9.17) is 9.51 Å². The molecule has 0 fully saturated rings. The number of aromatic nitrogens is 3. The monoisotopic (exact) mass is 343 g/mol. The van der Waals surface area contributed by atoms with Crippen molar-refractivity contribution in [3.63, 3.8) is 0 Å². The molecule has 0 bridgehead atoms. The average Bonchev–Trinajstić information content (AvgIpc) is 3.17. The van der Waals surface area contributed by atoms with Crippen molar-refractivity contribution in [2.45, 2.75) is 19.9 Å². The summed E-state index contributed by atoms with van der Waals surface area (Å²) in [5, 5.41) is 9.36. The fraction of sp³-hybridized carbons (Fsp3) is 0.353. The fourth-order valence-corrected chi connectivity index (χ4v) is 3.27. The third kappa shape index (κ3) is 3.80. The maximum atomic E-state index is 5.41. The minimum Gasteiger partial charge on any atom is -0.356 e. The molecule has 3 aromatic rings. The summed E-state index contributed by atoms with van der Waals surface area (Å²) in [6.07, 6.45) is 1.80. The van der Waals surface area contributed by atoms with Gasteiger partial charge in [-0.25, -0.2) is 9.97 Å². The molecule has 3 rings (SSSR count). The molecular weight excluding hydrogens is 322 g/mol. The van der Waals surface area contributed by atoms with Crippen molar-refractivity contribution in [2.75, 3.05) is 26.0 Å². The van der Waals surface area contributed by atoms with Gasteiger partial charge in [0.1, 0.15) is 0 Å². The molecule has 126 valence electrons. The summed E-state index contributed by atoms with van der Waals surface area (Å²) in [6, 6.07) is 6.21. The quantitative estimate of drug-likeness (QED) is 0.738. The standard InChI is InChI=1S/C17H21N5OS/c1-11-8-14(23-21-11)13-9-18-17(19-12(2)10-22(3)4)20-16(13)15-6-5-7-24-15/h5-9,12H,10H2,1-4H3,(H,18,19,20)/t12-/m1/s1. The zero-order valence-corrected chi connectivity index (χ0v) is 15.1. The largest absolute Gasteiger partial charge is 0.356 e. The Morgan fingerprint density at radius 3 is 2.83 bits per heavy atom. The topological polar surface area (TPSA) is 67.1 Å². The lowest BCUT2D eigenvalue weighted by Crippen LogP contribution is -2.30. The van der Waals surface area contributed by atoms with E-state index in [9.17, 15) is 0 Å². The lowest BCUT2D eigenvalue weighted by Gasteiger charge is -2.18. The number of rotatable bonds is 6. The normalized spacial score (nSPS) is 12.5. The van der Waals surface area contributed by atoms with E-state index < -0.39 is 0 Å². The predicted molar refractivity (Wildman–Crippen MR) is 97.2 cm³/mol. The molecule has 3 aromatic heterocycles. The first-order chi connectivity index (χ1) is 11.5. The Kier molecular flexibility index (Phi) is 4.92. The zero-order chi connectivity index (χ0) is 17.1. The van der Waals surface area contributed by atoms with Crippen LogP contribution >= 0.6 is 11.3 Å². The van der Waals surface area contributed by atoms with Crippen molar-refractivity contribution in [1.29, 1.82) is 0 Å². The van der Waals surface area contributed by atoms with Crippen LogP contribution in [-0.4, -0.2) is 46.7 Å². The smallest absolute Gasteiger partial charge is 0.223 e. The SMILES string of the molecule is Cc1cc(-c2cnc(N[C@H](C)CN(C)C)nc2-c2cccs2)on1. The Morgan fingerprint density at radius 1 is 1.38 bits per heavy atom. The van der Waals surface area contributed by atoms with Crippen LogP contribution in [0.5, 0.6) is 0 Å². The summed E-state index contributed by atoms with van der Waals surface area (Å²) in [6.45, 7) is 4.92. The second-order valence-electron chi connectivity index (χ2n) is 6.07. The number of aryl methyl sites for hydroxylation is 1. The van der Waals surface area contributed by atoms with Crippen LogP contribution < -0.4 is 5.32 Å². The van der Waals surface area contributed by atoms with Crippen molar-refractivity contribution in [2.24, 2.45) is 0 Å². The highest BCUT2D eigenvalue weighted by atomic mass is 32.1. The third-order valence-corrected chi connectivity index (χ3v) is 4.33. The van der Waals surface area contributed by atoms with Crippen LogP contribution in [0.1, 0.15) is 12.6 Å². The summed E-state index contributed by atoms with van der Waals surface area (Å²) in [5.41, 5.74) is 2.54. The van der Waals surface area contributed by atoms with Crippen LogP contribution in [0.25, 0.3) is 21.9 Å². The highest BCUT2D eigenvalue weighted by molar-refractivity contribution is 7.13. The number of nitrogens with zero attached hydrogens (tertiary/aromatic N) is 4. The van der Waals surface area contributed by atoms with Gasteiger partial charge in [0, 0.05) is 24.8 Å². The molecule has 0 aliphatic carbocycles. The second kappa shape index (κ2) is 7.11. The minimum atomic E-state index is 0.245. The van der Waals surface area contributed by atoms with Gasteiger partial charge in [0.25, 0.3) is 0 Å². The lowest BCUT2D eigenvalue weighted by atomic mass is 10.1. The van der Waals surface area contributed by atoms with Crippen LogP contribution in [-0.2, 0) is 0 Å². The molecule has 7 heteroatoms. The molecule has 0 radical (unpaired) electrons. The molecular formula is C17H21N5OS. The van der Waals surface area contributed by atoms with Gasteiger partial charge in [-0.15, -0.1) is 11.3 Å². The number of hydrogen-bond acceptors (Lipinski definition) is 7. The first kappa shape index (κ1) is 16.6. The number of hydrogen-bond donors (Lipinski definition) is 1. The molecule has 24 heavy (non-hydrogen) atoms. The van der Waals surface area contributed by atoms with Crippen LogP contribution in [0.4, 0.5) is 5.95 Å². The van der Waals surface area contributed by atoms with Gasteiger partial charge in [0.15, 0.2) is 5.76 Å². The molecule has 1 N–H and O–H groups in total. The van der Waals surface area contributed by atoms with E-state index in [-0.39, 0.29) is 6.04 Å². The molecule has 0 aromatic carbocycles. The van der Waals surface area contributed by atoms with Crippen molar-refractivity contribution in [1.82, 2.24) is 20.0 Å². The first-order valence-electron chi connectivity index (χ1n) is 7.79. The van der Waals surface area contributed by atoms with E-state index in [2.05, 4.69) is 27.3 Å². The van der Waals surface area contributed by atoms with E-state index >= 15 is 0 Å². The summed E-state index contributed by atoms with van der Waals surface area (Å²) in [7, 11) is 4.09. The maximum Gasteiger partial charge on any atom is 0.223 e. The van der Waals surface area contributed by atoms with Crippen LogP contribution in [0, 0.1) is 6.92 Å². The second-order valence-corrected chi connectivity index (χ2v) is 7.02. The summed E-state index contributed by atoms with van der Waals surface area (Å²) < 4.78 is 5.41. The van der Waals surface area contributed by atoms with E-state index in [0.29, 0.717) is 11.7 Å². The van der Waals surface area contributed by atoms with Gasteiger partial charge >= 0.3 is 0 Å². The zero-order valence-electron chi connectivity index (χ0n) is 14.3. The third-order valence-electron chi connectivity index (χ3n) is 3.45. The van der Waals surface area contributed by atoms with Gasteiger partial charge in [-0.2, -0.15) is 0 Å². The Morgan fingerprint density at radius 2 is 2.21 bits per heavy atom. The Hall–Kier alpha value is -2.25. The molecule has 0 spiro atoms. The average molecular weight is 343 g/mol. The lowest BCUT2D eigenvalue weighted by molar-refractivity contribution is 0.391. The Bertz CT molecular complexity index is 797. The van der Waals surface area contributed by atoms with Gasteiger partial charge in [0.05, 0.1) is 21.8 Å². The Labute approximate surface area is 145 Å². The van der Waals surface area contributed by atoms with E-state index in [1.165, 1.54) is 0 Å². The molecule has 0 saturated heterocycles. The van der Waals surface area contributed by atoms with Crippen molar-refractivity contribution < 1.29 is 4.52 Å². The molecule has 0 amide bonds. The highest BCUT2D eigenvalue weighted by Gasteiger charge is 2.16. The van der Waals surface area contributed by atoms with Gasteiger partial charge in [-0.3, -0.25) is 0 Å². The maximum absolute atomic E-state index is 5.41. The molecule has 0 unspecified atom stereocenters. The minimum absolute atomic E-state index is 0.245. The summed E-state index contributed by atoms with van der Waals surface area (Å²) in [5.74, 6) is 1.30. The van der Waals surface area contributed by atoms with Crippen LogP contribution in [0.2, 0.25) is 0 Å². The number of anilines is 1. The molecule has 6 nitrogen and oxygen atoms in total. The summed E-state index contributed by atoms with van der Waals surface area (Å²) >= 11 is 1.64. The van der Waals surface area contributed by atoms with Gasteiger partial charge in [-0.1, -0.05) is 11.2 Å². The van der Waals surface area contributed by atoms with Crippen LogP contribution in [0.15, 0.2) is 34.3 Å². The highest BCUT2D eigenvalue weighted by Crippen LogP contribution is 2.33. The number of nitrogens with one attached hydrogen (secondary N) is 1. The summed E-state index contributed by atoms with van der Waals surface area (Å²) in [4.78, 5) is 12.4. The molecule has 0 saturated carbocycles. The number of likely N-dealkylation sites (N-methyl/N-ethyl adjacent to an activating group) is 1. The molecule has 3 heterocycles. The molecule has 0 aliphatic rings. The van der Waals surface area contributed by atoms with Crippen molar-refractivity contribution in [3.8, 4) is 21.9 Å². The van der Waals surface area contributed by atoms with Gasteiger partial charge in [-0.05, 0) is 39.4 Å². The van der Waals surface area contributed by atoms with E-state index in [0.717, 1.165) is 28.4 Å². The fourth-order valence-electron chi connectivity index (χ4n) is 2.54. The Balaban J connectivity index is 1.96. The van der Waals surface area contributed by atoms with Crippen LogP contribution in [0.3, 0.4) is 0 Å². The van der Waals surface area contributed by atoms with Crippen molar-refractivity contribution >= 4 is 17.3 Å². The van der Waals surface area contributed by atoms with Gasteiger partial charge in [0.2, 0.25) is 5.95 Å². The molecule has 1 atom stereocenters. The molecule has 0 aliphatic heterocycles. The van der Waals surface area contributed by atoms with E-state index in [1.54, 1.807) is 17.5 Å². The number of thiophene rings is 1. The van der Waals surface area contributed by atoms with Crippen molar-refractivity contribution in [3.05, 3.63) is 35.5 Å².